The van der Waals surface area contributed by atoms with Crippen molar-refractivity contribution in [2.24, 2.45) is 0 Å². The van der Waals surface area contributed by atoms with Crippen molar-refractivity contribution in [3.63, 3.8) is 0 Å². The van der Waals surface area contributed by atoms with Crippen LogP contribution in [0.15, 0.2) is 36.5 Å². The van der Waals surface area contributed by atoms with Crippen LogP contribution in [-0.4, -0.2) is 70.7 Å². The summed E-state index contributed by atoms with van der Waals surface area (Å²) in [5.41, 5.74) is 0. The number of carbonyl (C=O) groups is 1. The van der Waals surface area contributed by atoms with Crippen molar-refractivity contribution in [2.45, 2.75) is 238 Å². The Kier molecular flexibility index (Phi) is 44.3. The fourth-order valence-corrected chi connectivity index (χ4v) is 8.00. The number of quaternary nitrogens is 1. The predicted molar refractivity (Wildman–Crippen MR) is 259 cm³/mol. The number of nitrogens with zero attached hydrogens (tertiary/aromatic N) is 1. The first-order valence-electron chi connectivity index (χ1n) is 25.7. The van der Waals surface area contributed by atoms with Crippen LogP contribution in [0.2, 0.25) is 0 Å². The molecular formula is C52H100NO7P. The van der Waals surface area contributed by atoms with E-state index in [1.54, 1.807) is 0 Å². The van der Waals surface area contributed by atoms with Crippen LogP contribution >= 0.6 is 7.82 Å². The minimum Gasteiger partial charge on any atom is -0.756 e. The van der Waals surface area contributed by atoms with E-state index in [0.717, 1.165) is 70.6 Å². The molecule has 0 bridgehead atoms. The molecule has 0 rings (SSSR count). The van der Waals surface area contributed by atoms with Crippen molar-refractivity contribution < 1.29 is 37.3 Å². The summed E-state index contributed by atoms with van der Waals surface area (Å²) in [7, 11) is 1.35. The summed E-state index contributed by atoms with van der Waals surface area (Å²) in [6.07, 6.45) is 54.7. The van der Waals surface area contributed by atoms with Crippen LogP contribution in [0.3, 0.4) is 0 Å². The lowest BCUT2D eigenvalue weighted by Gasteiger charge is -2.28. The molecule has 0 aromatic rings. The second-order valence-electron chi connectivity index (χ2n) is 18.5. The normalized spacial score (nSPS) is 13.9. The molecule has 0 saturated carbocycles. The number of hydrogen-bond donors (Lipinski definition) is 0. The lowest BCUT2D eigenvalue weighted by atomic mass is 10.0. The van der Waals surface area contributed by atoms with Gasteiger partial charge in [0, 0.05) is 13.0 Å². The van der Waals surface area contributed by atoms with E-state index in [1.165, 1.54) is 141 Å². The van der Waals surface area contributed by atoms with Crippen LogP contribution < -0.4 is 4.89 Å². The van der Waals surface area contributed by atoms with Crippen molar-refractivity contribution in [1.29, 1.82) is 0 Å². The minimum atomic E-state index is -4.53. The third-order valence-corrected chi connectivity index (χ3v) is 12.2. The molecule has 2 atom stereocenters. The molecule has 8 nitrogen and oxygen atoms in total. The first-order chi connectivity index (χ1) is 29.6. The molecule has 0 radical (unpaired) electrons. The standard InChI is InChI=1S/C52H100NO7P/c1-6-8-10-12-14-16-18-20-22-23-24-25-26-27-28-29-30-31-32-33-35-37-39-41-43-45-52(54)60-51(50-59-61(55,56)58-48-46-53(3,4)5)49-57-47-44-42-40-38-36-34-21-19-17-15-13-11-9-7-2/h9,11,15,17,21,34,51H,6-8,10,12-14,16,18-20,22-33,35-50H2,1-5H3/b11-9-,17-15-,34-21-. The molecule has 360 valence electrons. The van der Waals surface area contributed by atoms with Crippen LogP contribution in [0.4, 0.5) is 0 Å². The number of allylic oxidation sites excluding steroid dienone is 6. The van der Waals surface area contributed by atoms with E-state index < -0.39 is 13.9 Å². The van der Waals surface area contributed by atoms with Gasteiger partial charge >= 0.3 is 5.97 Å². The Morgan fingerprint density at radius 3 is 1.43 bits per heavy atom. The van der Waals surface area contributed by atoms with Gasteiger partial charge in [0.15, 0.2) is 0 Å². The smallest absolute Gasteiger partial charge is 0.306 e. The highest BCUT2D eigenvalue weighted by Crippen LogP contribution is 2.38. The molecule has 0 aliphatic rings. The van der Waals surface area contributed by atoms with Gasteiger partial charge < -0.3 is 27.9 Å². The maximum Gasteiger partial charge on any atom is 0.306 e. The molecule has 2 unspecified atom stereocenters. The topological polar surface area (TPSA) is 94.1 Å². The van der Waals surface area contributed by atoms with E-state index >= 15 is 0 Å². The lowest BCUT2D eigenvalue weighted by Crippen LogP contribution is -2.37. The summed E-state index contributed by atoms with van der Waals surface area (Å²) in [4.78, 5) is 25.1. The van der Waals surface area contributed by atoms with Crippen LogP contribution in [0.5, 0.6) is 0 Å². The van der Waals surface area contributed by atoms with Gasteiger partial charge in [-0.2, -0.15) is 0 Å². The van der Waals surface area contributed by atoms with Gasteiger partial charge in [0.2, 0.25) is 0 Å². The maximum atomic E-state index is 12.7. The maximum absolute atomic E-state index is 12.7. The summed E-state index contributed by atoms with van der Waals surface area (Å²) >= 11 is 0. The molecule has 0 aromatic heterocycles. The Morgan fingerprint density at radius 2 is 0.951 bits per heavy atom. The van der Waals surface area contributed by atoms with Crippen molar-refractivity contribution in [3.8, 4) is 0 Å². The molecule has 0 N–H and O–H groups in total. The second-order valence-corrected chi connectivity index (χ2v) is 19.9. The highest BCUT2D eigenvalue weighted by Gasteiger charge is 2.20. The van der Waals surface area contributed by atoms with Gasteiger partial charge in [-0.15, -0.1) is 0 Å². The van der Waals surface area contributed by atoms with Gasteiger partial charge in [-0.25, -0.2) is 0 Å². The highest BCUT2D eigenvalue weighted by atomic mass is 31.2. The van der Waals surface area contributed by atoms with Crippen LogP contribution in [0, 0.1) is 0 Å². The molecule has 0 heterocycles. The van der Waals surface area contributed by atoms with E-state index in [9.17, 15) is 14.3 Å². The zero-order valence-corrected chi connectivity index (χ0v) is 41.8. The van der Waals surface area contributed by atoms with E-state index in [4.69, 9.17) is 18.5 Å². The van der Waals surface area contributed by atoms with Crippen LogP contribution in [0.25, 0.3) is 0 Å². The Balaban J connectivity index is 4.05. The number of ether oxygens (including phenoxy) is 2. The number of carbonyl (C=O) groups excluding carboxylic acids is 1. The molecule has 0 aromatic carbocycles. The Morgan fingerprint density at radius 1 is 0.525 bits per heavy atom. The second kappa shape index (κ2) is 45.3. The molecule has 0 spiro atoms. The number of rotatable bonds is 48. The van der Waals surface area contributed by atoms with E-state index in [1.807, 2.05) is 21.1 Å². The zero-order valence-electron chi connectivity index (χ0n) is 40.9. The Bertz CT molecular complexity index is 1070. The molecular weight excluding hydrogens is 782 g/mol. The number of unbranched alkanes of at least 4 members (excludes halogenated alkanes) is 28. The first-order valence-corrected chi connectivity index (χ1v) is 27.2. The number of esters is 1. The van der Waals surface area contributed by atoms with Crippen molar-refractivity contribution in [3.05, 3.63) is 36.5 Å². The summed E-state index contributed by atoms with van der Waals surface area (Å²) < 4.78 is 34.7. The number of likely N-dealkylation sites (N-methyl/N-ethyl adjacent to an activating group) is 1. The molecule has 0 fully saturated rings. The third-order valence-electron chi connectivity index (χ3n) is 11.2. The van der Waals surface area contributed by atoms with Gasteiger partial charge in [0.05, 0.1) is 34.4 Å². The monoisotopic (exact) mass is 882 g/mol. The number of hydrogen-bond acceptors (Lipinski definition) is 7. The molecule has 0 amide bonds. The summed E-state index contributed by atoms with van der Waals surface area (Å²) in [6, 6.07) is 0. The number of phosphoric ester groups is 1. The van der Waals surface area contributed by atoms with Gasteiger partial charge in [-0.05, 0) is 44.9 Å². The summed E-state index contributed by atoms with van der Waals surface area (Å²) in [6.45, 7) is 5.28. The summed E-state index contributed by atoms with van der Waals surface area (Å²) in [5.74, 6) is -0.338. The third kappa shape index (κ3) is 49.6. The summed E-state index contributed by atoms with van der Waals surface area (Å²) in [5, 5.41) is 0. The molecule has 0 aliphatic carbocycles. The predicted octanol–water partition coefficient (Wildman–Crippen LogP) is 15.1. The molecule has 9 heteroatoms. The van der Waals surface area contributed by atoms with E-state index in [2.05, 4.69) is 50.3 Å². The number of phosphoric acid groups is 1. The Labute approximate surface area is 378 Å². The zero-order chi connectivity index (χ0) is 44.8. The average Bonchev–Trinajstić information content (AvgIpc) is 3.22. The minimum absolute atomic E-state index is 0.0224. The van der Waals surface area contributed by atoms with Crippen molar-refractivity contribution in [2.75, 3.05) is 54.1 Å². The first kappa shape index (κ1) is 59.7. The molecule has 0 saturated heterocycles. The molecule has 61 heavy (non-hydrogen) atoms. The van der Waals surface area contributed by atoms with Gasteiger partial charge in [0.25, 0.3) is 7.82 Å². The van der Waals surface area contributed by atoms with E-state index in [0.29, 0.717) is 24.1 Å². The highest BCUT2D eigenvalue weighted by molar-refractivity contribution is 7.45. The SMILES string of the molecule is CC/C=C\C/C=C\C/C=C\CCCCCCOCC(COP(=O)([O-])OCC[N+](C)(C)C)OC(=O)CCCCCCCCCCCCCCCCCCCCCCCCCCC. The van der Waals surface area contributed by atoms with Crippen molar-refractivity contribution in [1.82, 2.24) is 0 Å². The lowest BCUT2D eigenvalue weighted by molar-refractivity contribution is -0.870. The quantitative estimate of drug-likeness (QED) is 0.0197. The average molecular weight is 882 g/mol. The molecule has 0 aliphatic heterocycles. The van der Waals surface area contributed by atoms with Gasteiger partial charge in [-0.1, -0.05) is 217 Å². The van der Waals surface area contributed by atoms with Crippen LogP contribution in [0.1, 0.15) is 232 Å². The fraction of sp³-hybridized carbons (Fsp3) is 0.865. The fourth-order valence-electron chi connectivity index (χ4n) is 7.27. The van der Waals surface area contributed by atoms with Crippen LogP contribution in [-0.2, 0) is 27.9 Å². The van der Waals surface area contributed by atoms with E-state index in [-0.39, 0.29) is 25.8 Å². The van der Waals surface area contributed by atoms with Gasteiger partial charge in [0.1, 0.15) is 19.3 Å². The Hall–Kier alpha value is -1.28. The van der Waals surface area contributed by atoms with Gasteiger partial charge in [-0.3, -0.25) is 9.36 Å². The largest absolute Gasteiger partial charge is 0.756 e. The van der Waals surface area contributed by atoms with Crippen molar-refractivity contribution >= 4 is 13.8 Å².